The first-order valence-corrected chi connectivity index (χ1v) is 7.02. The summed E-state index contributed by atoms with van der Waals surface area (Å²) in [6, 6.07) is 3.87. The molecule has 0 aromatic heterocycles. The Kier molecular flexibility index (Phi) is 4.83. The lowest BCUT2D eigenvalue weighted by atomic mass is 10.2. The quantitative estimate of drug-likeness (QED) is 0.679. The maximum Gasteiger partial charge on any atom is 0.412 e. The van der Waals surface area contributed by atoms with Crippen LogP contribution >= 0.6 is 38.5 Å². The highest BCUT2D eigenvalue weighted by Crippen LogP contribution is 2.26. The van der Waals surface area contributed by atoms with Gasteiger partial charge in [0.25, 0.3) is 0 Å². The number of nitrogens with one attached hydrogen (secondary N) is 1. The average molecular weight is 412 g/mol. The van der Waals surface area contributed by atoms with E-state index in [0.29, 0.717) is 0 Å². The minimum atomic E-state index is -0.486. The van der Waals surface area contributed by atoms with Gasteiger partial charge in [0.05, 0.1) is 0 Å². The number of hydrogen-bond donors (Lipinski definition) is 1. The van der Waals surface area contributed by atoms with Gasteiger partial charge in [-0.25, -0.2) is 4.79 Å². The molecule has 0 unspecified atom stereocenters. The van der Waals surface area contributed by atoms with Gasteiger partial charge in [-0.05, 0) is 83.9 Å². The molecule has 0 heterocycles. The van der Waals surface area contributed by atoms with Crippen LogP contribution in [0.5, 0.6) is 0 Å². The van der Waals surface area contributed by atoms with E-state index in [1.165, 1.54) is 0 Å². The molecule has 0 aliphatic heterocycles. The summed E-state index contributed by atoms with van der Waals surface area (Å²) in [5.41, 5.74) is 1.27. The van der Waals surface area contributed by atoms with Crippen LogP contribution in [0.4, 0.5) is 10.5 Å². The molecule has 0 bridgehead atoms. The summed E-state index contributed by atoms with van der Waals surface area (Å²) >= 11 is 5.65. The van der Waals surface area contributed by atoms with Crippen LogP contribution in [-0.4, -0.2) is 11.7 Å². The van der Waals surface area contributed by atoms with Gasteiger partial charge in [-0.1, -0.05) is 0 Å². The summed E-state index contributed by atoms with van der Waals surface area (Å²) in [5.74, 6) is 0. The van der Waals surface area contributed by atoms with E-state index in [0.717, 1.165) is 19.3 Å². The Morgan fingerprint density at radius 1 is 1.41 bits per heavy atom. The number of carbonyl (C=O) groups is 1. The highest BCUT2D eigenvalue weighted by Gasteiger charge is 2.17. The van der Waals surface area contributed by atoms with E-state index < -0.39 is 11.7 Å². The van der Waals surface area contributed by atoms with Gasteiger partial charge in [0.2, 0.25) is 0 Å². The molecule has 1 aromatic carbocycles. The van der Waals surface area contributed by atoms with Crippen molar-refractivity contribution in [3.63, 3.8) is 0 Å². The van der Waals surface area contributed by atoms with E-state index >= 15 is 0 Å². The van der Waals surface area contributed by atoms with E-state index in [-0.39, 0.29) is 0 Å². The van der Waals surface area contributed by atoms with Crippen LogP contribution in [0.25, 0.3) is 0 Å². The summed E-state index contributed by atoms with van der Waals surface area (Å²) in [5, 5.41) is 2.75. The summed E-state index contributed by atoms with van der Waals surface area (Å²) in [7, 11) is 0. The second-order valence-corrected chi connectivity index (χ2v) is 6.72. The third kappa shape index (κ3) is 4.83. The van der Waals surface area contributed by atoms with Crippen molar-refractivity contribution in [1.82, 2.24) is 0 Å². The standard InChI is InChI=1S/C12H15BrINO2/c1-7-5-8(13)9(14)6-10(7)15-11(16)17-12(2,3)4/h5-6H,1-4H3,(H,15,16). The van der Waals surface area contributed by atoms with Crippen molar-refractivity contribution in [2.75, 3.05) is 5.32 Å². The van der Waals surface area contributed by atoms with Crippen molar-refractivity contribution in [2.24, 2.45) is 0 Å². The second kappa shape index (κ2) is 5.56. The van der Waals surface area contributed by atoms with Crippen molar-refractivity contribution < 1.29 is 9.53 Å². The predicted molar refractivity (Wildman–Crippen MR) is 81.5 cm³/mol. The third-order valence-corrected chi connectivity index (χ3v) is 4.19. The third-order valence-electron chi connectivity index (χ3n) is 1.90. The number of hydrogen-bond acceptors (Lipinski definition) is 2. The molecule has 17 heavy (non-hydrogen) atoms. The lowest BCUT2D eigenvalue weighted by Crippen LogP contribution is -2.27. The molecule has 0 aliphatic carbocycles. The van der Waals surface area contributed by atoms with Crippen molar-refractivity contribution in [1.29, 1.82) is 0 Å². The molecule has 0 spiro atoms. The monoisotopic (exact) mass is 411 g/mol. The Labute approximate surface area is 124 Å². The Bertz CT molecular complexity index is 441. The normalized spacial score (nSPS) is 11.2. The van der Waals surface area contributed by atoms with Crippen LogP contribution in [0.1, 0.15) is 26.3 Å². The molecular weight excluding hydrogens is 397 g/mol. The predicted octanol–water partition coefficient (Wildman–Crippen LogP) is 4.71. The Morgan fingerprint density at radius 3 is 2.53 bits per heavy atom. The molecule has 5 heteroatoms. The Hall–Kier alpha value is -0.300. The van der Waals surface area contributed by atoms with Crippen LogP contribution in [0.2, 0.25) is 0 Å². The van der Waals surface area contributed by atoms with Crippen molar-refractivity contribution in [3.8, 4) is 0 Å². The number of amides is 1. The molecule has 0 fully saturated rings. The lowest BCUT2D eigenvalue weighted by Gasteiger charge is -2.20. The van der Waals surface area contributed by atoms with Crippen molar-refractivity contribution >= 4 is 50.3 Å². The fourth-order valence-corrected chi connectivity index (χ4v) is 2.12. The zero-order valence-electron chi connectivity index (χ0n) is 10.2. The van der Waals surface area contributed by atoms with E-state index in [1.54, 1.807) is 0 Å². The van der Waals surface area contributed by atoms with Crippen LogP contribution in [0.15, 0.2) is 16.6 Å². The highest BCUT2D eigenvalue weighted by molar-refractivity contribution is 14.1. The number of carbonyl (C=O) groups excluding carboxylic acids is 1. The van der Waals surface area contributed by atoms with E-state index in [1.807, 2.05) is 39.8 Å². The molecule has 3 nitrogen and oxygen atoms in total. The summed E-state index contributed by atoms with van der Waals surface area (Å²) < 4.78 is 7.26. The minimum Gasteiger partial charge on any atom is -0.444 e. The van der Waals surface area contributed by atoms with Gasteiger partial charge < -0.3 is 4.74 Å². The van der Waals surface area contributed by atoms with Crippen LogP contribution in [0, 0.1) is 10.5 Å². The zero-order chi connectivity index (χ0) is 13.2. The topological polar surface area (TPSA) is 38.3 Å². The molecule has 0 atom stereocenters. The molecule has 0 aliphatic rings. The van der Waals surface area contributed by atoms with Crippen molar-refractivity contribution in [3.05, 3.63) is 25.7 Å². The number of halogens is 2. The fraction of sp³-hybridized carbons (Fsp3) is 0.417. The van der Waals surface area contributed by atoms with Crippen LogP contribution < -0.4 is 5.32 Å². The Morgan fingerprint density at radius 2 is 2.00 bits per heavy atom. The number of aryl methyl sites for hydroxylation is 1. The van der Waals surface area contributed by atoms with Crippen LogP contribution in [0.3, 0.4) is 0 Å². The van der Waals surface area contributed by atoms with E-state index in [4.69, 9.17) is 4.74 Å². The van der Waals surface area contributed by atoms with Gasteiger partial charge in [-0.15, -0.1) is 0 Å². The number of rotatable bonds is 1. The molecule has 94 valence electrons. The molecule has 0 radical (unpaired) electrons. The zero-order valence-corrected chi connectivity index (χ0v) is 14.0. The summed E-state index contributed by atoms with van der Waals surface area (Å²) in [6.45, 7) is 7.45. The summed E-state index contributed by atoms with van der Waals surface area (Å²) in [4.78, 5) is 11.6. The minimum absolute atomic E-state index is 0.432. The first-order valence-electron chi connectivity index (χ1n) is 5.15. The maximum absolute atomic E-state index is 11.6. The smallest absolute Gasteiger partial charge is 0.412 e. The van der Waals surface area contributed by atoms with Gasteiger partial charge in [0.1, 0.15) is 5.60 Å². The fourth-order valence-electron chi connectivity index (χ4n) is 1.19. The van der Waals surface area contributed by atoms with Gasteiger partial charge in [0.15, 0.2) is 0 Å². The largest absolute Gasteiger partial charge is 0.444 e. The number of anilines is 1. The molecule has 0 saturated heterocycles. The van der Waals surface area contributed by atoms with E-state index in [2.05, 4.69) is 43.8 Å². The first kappa shape index (κ1) is 14.8. The molecule has 1 N–H and O–H groups in total. The average Bonchev–Trinajstić information content (AvgIpc) is 2.11. The van der Waals surface area contributed by atoms with Crippen molar-refractivity contribution in [2.45, 2.75) is 33.3 Å². The van der Waals surface area contributed by atoms with Gasteiger partial charge >= 0.3 is 6.09 Å². The highest BCUT2D eigenvalue weighted by atomic mass is 127. The van der Waals surface area contributed by atoms with E-state index in [9.17, 15) is 4.79 Å². The first-order chi connectivity index (χ1) is 7.69. The number of benzene rings is 1. The Balaban J connectivity index is 2.82. The van der Waals surface area contributed by atoms with Gasteiger partial charge in [-0.3, -0.25) is 5.32 Å². The summed E-state index contributed by atoms with van der Waals surface area (Å²) in [6.07, 6.45) is -0.432. The second-order valence-electron chi connectivity index (χ2n) is 4.71. The SMILES string of the molecule is Cc1cc(Br)c(I)cc1NC(=O)OC(C)(C)C. The molecule has 1 amide bonds. The maximum atomic E-state index is 11.6. The molecule has 1 aromatic rings. The molecule has 0 saturated carbocycles. The van der Waals surface area contributed by atoms with Crippen LogP contribution in [-0.2, 0) is 4.74 Å². The number of ether oxygens (including phenoxy) is 1. The molecular formula is C12H15BrINO2. The van der Waals surface area contributed by atoms with Gasteiger partial charge in [0, 0.05) is 13.7 Å². The molecule has 1 rings (SSSR count). The van der Waals surface area contributed by atoms with Gasteiger partial charge in [-0.2, -0.15) is 0 Å². The lowest BCUT2D eigenvalue weighted by molar-refractivity contribution is 0.0636.